The van der Waals surface area contributed by atoms with Gasteiger partial charge in [-0.15, -0.1) is 11.8 Å². The van der Waals surface area contributed by atoms with Crippen LogP contribution in [-0.2, 0) is 13.5 Å². The lowest BCUT2D eigenvalue weighted by atomic mass is 10.0. The molecule has 0 bridgehead atoms. The number of aromatic nitrogens is 2. The summed E-state index contributed by atoms with van der Waals surface area (Å²) < 4.78 is 15.7. The molecule has 1 N–H and O–H groups in total. The summed E-state index contributed by atoms with van der Waals surface area (Å²) in [5.74, 6) is 0.878. The molecule has 0 spiro atoms. The molecule has 0 saturated heterocycles. The average molecular weight is 291 g/mol. The highest BCUT2D eigenvalue weighted by Gasteiger charge is 2.22. The van der Waals surface area contributed by atoms with Crippen LogP contribution in [0.4, 0.5) is 4.39 Å². The predicted octanol–water partition coefficient (Wildman–Crippen LogP) is 2.93. The fourth-order valence-corrected chi connectivity index (χ4v) is 3.76. The van der Waals surface area contributed by atoms with Gasteiger partial charge >= 0.3 is 0 Å². The molecule has 106 valence electrons. The van der Waals surface area contributed by atoms with Crippen LogP contribution in [0.15, 0.2) is 35.4 Å². The third kappa shape index (κ3) is 2.74. The first-order valence-corrected chi connectivity index (χ1v) is 7.86. The zero-order valence-electron chi connectivity index (χ0n) is 11.5. The number of nitrogens with zero attached hydrogens (tertiary/aromatic N) is 2. The van der Waals surface area contributed by atoms with Crippen LogP contribution in [0.2, 0.25) is 0 Å². The lowest BCUT2D eigenvalue weighted by molar-refractivity contribution is 0.495. The van der Waals surface area contributed by atoms with E-state index >= 15 is 0 Å². The Labute approximate surface area is 122 Å². The fourth-order valence-electron chi connectivity index (χ4n) is 2.62. The molecule has 0 amide bonds. The van der Waals surface area contributed by atoms with Gasteiger partial charge in [-0.25, -0.2) is 4.39 Å². The van der Waals surface area contributed by atoms with E-state index in [4.69, 9.17) is 0 Å². The summed E-state index contributed by atoms with van der Waals surface area (Å²) >= 11 is 1.62. The minimum absolute atomic E-state index is 0.0920. The molecule has 2 heterocycles. The first-order valence-electron chi connectivity index (χ1n) is 6.87. The fraction of sp³-hybridized carbons (Fsp3) is 0.400. The standard InChI is InChI=1S/C15H18FN3S/c1-19-11(6-9-18-19)5-8-17-14-7-10-20-15-12(14)3-2-4-13(15)16/h2-4,6,9,14,17H,5,7-8,10H2,1H3. The van der Waals surface area contributed by atoms with E-state index in [1.165, 1.54) is 5.69 Å². The van der Waals surface area contributed by atoms with Gasteiger partial charge in [0.1, 0.15) is 5.82 Å². The van der Waals surface area contributed by atoms with Crippen molar-refractivity contribution in [1.29, 1.82) is 0 Å². The quantitative estimate of drug-likeness (QED) is 0.939. The highest BCUT2D eigenvalue weighted by Crippen LogP contribution is 2.37. The summed E-state index contributed by atoms with van der Waals surface area (Å²) in [5, 5.41) is 7.71. The van der Waals surface area contributed by atoms with Crippen LogP contribution < -0.4 is 5.32 Å². The minimum Gasteiger partial charge on any atom is -0.309 e. The van der Waals surface area contributed by atoms with Crippen LogP contribution in [0, 0.1) is 5.82 Å². The number of fused-ring (bicyclic) bond motifs is 1. The smallest absolute Gasteiger partial charge is 0.137 e. The Morgan fingerprint density at radius 2 is 2.35 bits per heavy atom. The number of hydrogen-bond donors (Lipinski definition) is 1. The lowest BCUT2D eigenvalue weighted by Crippen LogP contribution is -2.27. The SMILES string of the molecule is Cn1nccc1CCNC1CCSc2c(F)cccc21. The van der Waals surface area contributed by atoms with Crippen molar-refractivity contribution in [2.75, 3.05) is 12.3 Å². The van der Waals surface area contributed by atoms with Gasteiger partial charge in [-0.2, -0.15) is 5.10 Å². The monoisotopic (exact) mass is 291 g/mol. The van der Waals surface area contributed by atoms with E-state index in [9.17, 15) is 4.39 Å². The van der Waals surface area contributed by atoms with Gasteiger partial charge < -0.3 is 5.32 Å². The van der Waals surface area contributed by atoms with E-state index < -0.39 is 0 Å². The van der Waals surface area contributed by atoms with E-state index in [1.54, 1.807) is 23.9 Å². The molecule has 1 unspecified atom stereocenters. The van der Waals surface area contributed by atoms with Gasteiger partial charge in [0, 0.05) is 42.8 Å². The van der Waals surface area contributed by atoms with Gasteiger partial charge in [-0.05, 0) is 29.9 Å². The van der Waals surface area contributed by atoms with Crippen LogP contribution in [-0.4, -0.2) is 22.1 Å². The van der Waals surface area contributed by atoms with Gasteiger partial charge in [-0.1, -0.05) is 12.1 Å². The number of hydrogen-bond acceptors (Lipinski definition) is 3. The first-order chi connectivity index (χ1) is 9.75. The average Bonchev–Trinajstić information content (AvgIpc) is 2.86. The zero-order chi connectivity index (χ0) is 13.9. The molecule has 0 fully saturated rings. The van der Waals surface area contributed by atoms with Crippen molar-refractivity contribution in [2.45, 2.75) is 23.8 Å². The largest absolute Gasteiger partial charge is 0.309 e. The molecule has 0 saturated carbocycles. The molecule has 1 atom stereocenters. The summed E-state index contributed by atoms with van der Waals surface area (Å²) in [6.45, 7) is 0.880. The molecule has 1 aromatic heterocycles. The summed E-state index contributed by atoms with van der Waals surface area (Å²) in [4.78, 5) is 0.816. The molecule has 1 aliphatic rings. The first kappa shape index (κ1) is 13.6. The lowest BCUT2D eigenvalue weighted by Gasteiger charge is -2.26. The van der Waals surface area contributed by atoms with E-state index in [-0.39, 0.29) is 11.9 Å². The Kier molecular flexibility index (Phi) is 4.08. The minimum atomic E-state index is -0.0920. The van der Waals surface area contributed by atoms with Gasteiger partial charge in [0.05, 0.1) is 0 Å². The molecule has 0 aliphatic carbocycles. The molecule has 5 heteroatoms. The highest BCUT2D eigenvalue weighted by molar-refractivity contribution is 7.99. The third-order valence-electron chi connectivity index (χ3n) is 3.72. The van der Waals surface area contributed by atoms with Crippen molar-refractivity contribution >= 4 is 11.8 Å². The summed E-state index contributed by atoms with van der Waals surface area (Å²) in [6.07, 6.45) is 3.80. The Hall–Kier alpha value is -1.33. The van der Waals surface area contributed by atoms with Gasteiger partial charge in [0.25, 0.3) is 0 Å². The van der Waals surface area contributed by atoms with Crippen molar-refractivity contribution in [3.8, 4) is 0 Å². The highest BCUT2D eigenvalue weighted by atomic mass is 32.2. The molecular weight excluding hydrogens is 273 g/mol. The number of aryl methyl sites for hydroxylation is 1. The number of thioether (sulfide) groups is 1. The van der Waals surface area contributed by atoms with E-state index in [0.717, 1.165) is 35.6 Å². The molecule has 3 rings (SSSR count). The molecule has 1 aliphatic heterocycles. The Bertz CT molecular complexity index is 597. The third-order valence-corrected chi connectivity index (χ3v) is 4.88. The maximum atomic E-state index is 13.8. The van der Waals surface area contributed by atoms with Gasteiger partial charge in [0.2, 0.25) is 0 Å². The van der Waals surface area contributed by atoms with Crippen LogP contribution in [0.25, 0.3) is 0 Å². The Morgan fingerprint density at radius 3 is 3.15 bits per heavy atom. The van der Waals surface area contributed by atoms with Crippen molar-refractivity contribution in [1.82, 2.24) is 15.1 Å². The molecule has 2 aromatic rings. The summed E-state index contributed by atoms with van der Waals surface area (Å²) in [5.41, 5.74) is 2.31. The Morgan fingerprint density at radius 1 is 1.45 bits per heavy atom. The zero-order valence-corrected chi connectivity index (χ0v) is 12.3. The molecule has 3 nitrogen and oxygen atoms in total. The second kappa shape index (κ2) is 5.97. The number of nitrogens with one attached hydrogen (secondary N) is 1. The maximum absolute atomic E-state index is 13.8. The van der Waals surface area contributed by atoms with E-state index in [0.29, 0.717) is 0 Å². The van der Waals surface area contributed by atoms with E-state index in [2.05, 4.69) is 10.4 Å². The van der Waals surface area contributed by atoms with Gasteiger partial charge in [-0.3, -0.25) is 4.68 Å². The maximum Gasteiger partial charge on any atom is 0.137 e. The molecule has 20 heavy (non-hydrogen) atoms. The number of halogens is 1. The van der Waals surface area contributed by atoms with Crippen molar-refractivity contribution in [2.24, 2.45) is 7.05 Å². The van der Waals surface area contributed by atoms with Crippen molar-refractivity contribution < 1.29 is 4.39 Å². The number of rotatable bonds is 4. The molecule has 1 aromatic carbocycles. The molecule has 0 radical (unpaired) electrons. The normalized spacial score (nSPS) is 18.0. The van der Waals surface area contributed by atoms with Crippen LogP contribution >= 0.6 is 11.8 Å². The second-order valence-corrected chi connectivity index (χ2v) is 6.10. The second-order valence-electron chi connectivity index (χ2n) is 5.00. The van der Waals surface area contributed by atoms with Gasteiger partial charge in [0.15, 0.2) is 0 Å². The molecular formula is C15H18FN3S. The van der Waals surface area contributed by atoms with Crippen molar-refractivity contribution in [3.63, 3.8) is 0 Å². The summed E-state index contributed by atoms with van der Waals surface area (Å²) in [7, 11) is 1.96. The van der Waals surface area contributed by atoms with Crippen LogP contribution in [0.1, 0.15) is 23.7 Å². The van der Waals surface area contributed by atoms with Crippen LogP contribution in [0.3, 0.4) is 0 Å². The number of benzene rings is 1. The topological polar surface area (TPSA) is 29.9 Å². The van der Waals surface area contributed by atoms with Crippen LogP contribution in [0.5, 0.6) is 0 Å². The van der Waals surface area contributed by atoms with Crippen molar-refractivity contribution in [3.05, 3.63) is 47.5 Å². The van der Waals surface area contributed by atoms with E-state index in [1.807, 2.05) is 30.1 Å². The summed E-state index contributed by atoms with van der Waals surface area (Å²) in [6, 6.07) is 7.67. The Balaban J connectivity index is 1.65. The predicted molar refractivity (Wildman–Crippen MR) is 79.4 cm³/mol.